The van der Waals surface area contributed by atoms with Crippen molar-refractivity contribution in [1.82, 2.24) is 4.90 Å². The molecule has 1 unspecified atom stereocenters. The standard InChI is InChI=1S/C16H22ClN3O2/c1-16(10-18)4-5-20(11-16)15(21)9-19-6-7-22-14-3-2-12(17)8-13(14)19/h2-3,8H,4-7,9-11,18H2,1H3. The zero-order valence-electron chi connectivity index (χ0n) is 12.8. The lowest BCUT2D eigenvalue weighted by Crippen LogP contribution is -2.43. The quantitative estimate of drug-likeness (QED) is 0.920. The monoisotopic (exact) mass is 323 g/mol. The predicted molar refractivity (Wildman–Crippen MR) is 87.5 cm³/mol. The number of carbonyl (C=O) groups excluding carboxylic acids is 1. The van der Waals surface area contributed by atoms with Crippen LogP contribution < -0.4 is 15.4 Å². The third kappa shape index (κ3) is 3.01. The Bertz CT molecular complexity index is 581. The molecule has 6 heteroatoms. The number of amides is 1. The van der Waals surface area contributed by atoms with Crippen molar-refractivity contribution in [2.75, 3.05) is 44.2 Å². The molecule has 1 aromatic rings. The van der Waals surface area contributed by atoms with Crippen molar-refractivity contribution in [1.29, 1.82) is 0 Å². The molecule has 1 atom stereocenters. The molecule has 2 heterocycles. The van der Waals surface area contributed by atoms with E-state index in [4.69, 9.17) is 22.1 Å². The second kappa shape index (κ2) is 5.97. The van der Waals surface area contributed by atoms with Crippen LogP contribution in [0, 0.1) is 5.41 Å². The average Bonchev–Trinajstić information content (AvgIpc) is 2.91. The fourth-order valence-corrected chi connectivity index (χ4v) is 3.24. The summed E-state index contributed by atoms with van der Waals surface area (Å²) in [7, 11) is 0. The molecular formula is C16H22ClN3O2. The van der Waals surface area contributed by atoms with E-state index in [0.717, 1.165) is 30.9 Å². The van der Waals surface area contributed by atoms with Crippen LogP contribution in [0.3, 0.4) is 0 Å². The van der Waals surface area contributed by atoms with Gasteiger partial charge in [-0.25, -0.2) is 0 Å². The molecule has 0 aliphatic carbocycles. The van der Waals surface area contributed by atoms with Crippen molar-refractivity contribution in [2.24, 2.45) is 11.1 Å². The van der Waals surface area contributed by atoms with Crippen LogP contribution in [-0.2, 0) is 4.79 Å². The molecule has 0 bridgehead atoms. The highest BCUT2D eigenvalue weighted by atomic mass is 35.5. The maximum atomic E-state index is 12.6. The van der Waals surface area contributed by atoms with E-state index in [-0.39, 0.29) is 11.3 Å². The zero-order chi connectivity index (χ0) is 15.7. The Balaban J connectivity index is 1.70. The normalized spacial score (nSPS) is 24.1. The van der Waals surface area contributed by atoms with Crippen molar-refractivity contribution in [3.8, 4) is 5.75 Å². The van der Waals surface area contributed by atoms with Crippen LogP contribution in [-0.4, -0.2) is 50.1 Å². The van der Waals surface area contributed by atoms with Crippen molar-refractivity contribution in [3.63, 3.8) is 0 Å². The smallest absolute Gasteiger partial charge is 0.242 e. The Kier molecular flexibility index (Phi) is 4.19. The summed E-state index contributed by atoms with van der Waals surface area (Å²) < 4.78 is 5.62. The van der Waals surface area contributed by atoms with Crippen molar-refractivity contribution >= 4 is 23.2 Å². The Morgan fingerprint density at radius 1 is 1.45 bits per heavy atom. The number of fused-ring (bicyclic) bond motifs is 1. The number of benzene rings is 1. The minimum Gasteiger partial charge on any atom is -0.490 e. The molecule has 3 rings (SSSR count). The number of ether oxygens (including phenoxy) is 1. The van der Waals surface area contributed by atoms with Crippen LogP contribution in [0.5, 0.6) is 5.75 Å². The number of nitrogens with zero attached hydrogens (tertiary/aromatic N) is 2. The number of likely N-dealkylation sites (tertiary alicyclic amines) is 1. The van der Waals surface area contributed by atoms with E-state index in [2.05, 4.69) is 6.92 Å². The largest absolute Gasteiger partial charge is 0.490 e. The van der Waals surface area contributed by atoms with Crippen LogP contribution >= 0.6 is 11.6 Å². The summed E-state index contributed by atoms with van der Waals surface area (Å²) >= 11 is 6.07. The van der Waals surface area contributed by atoms with Gasteiger partial charge < -0.3 is 20.3 Å². The highest BCUT2D eigenvalue weighted by Crippen LogP contribution is 2.34. The Hall–Kier alpha value is -1.46. The van der Waals surface area contributed by atoms with E-state index in [9.17, 15) is 4.79 Å². The number of hydrogen-bond donors (Lipinski definition) is 1. The van der Waals surface area contributed by atoms with Crippen LogP contribution in [0.4, 0.5) is 5.69 Å². The van der Waals surface area contributed by atoms with E-state index in [1.807, 2.05) is 21.9 Å². The molecule has 1 saturated heterocycles. The van der Waals surface area contributed by atoms with Gasteiger partial charge in [0.25, 0.3) is 0 Å². The van der Waals surface area contributed by atoms with Crippen LogP contribution in [0.25, 0.3) is 0 Å². The van der Waals surface area contributed by atoms with E-state index >= 15 is 0 Å². The van der Waals surface area contributed by atoms with Gasteiger partial charge >= 0.3 is 0 Å². The van der Waals surface area contributed by atoms with Gasteiger partial charge in [-0.3, -0.25) is 4.79 Å². The SMILES string of the molecule is CC1(CN)CCN(C(=O)CN2CCOc3ccc(Cl)cc32)C1. The van der Waals surface area contributed by atoms with E-state index in [0.29, 0.717) is 31.3 Å². The van der Waals surface area contributed by atoms with Gasteiger partial charge in [0.1, 0.15) is 12.4 Å². The van der Waals surface area contributed by atoms with E-state index < -0.39 is 0 Å². The number of carbonyl (C=O) groups is 1. The molecule has 1 aromatic carbocycles. The summed E-state index contributed by atoms with van der Waals surface area (Å²) in [5.41, 5.74) is 6.77. The van der Waals surface area contributed by atoms with Crippen LogP contribution in [0.2, 0.25) is 5.02 Å². The first-order valence-corrected chi connectivity index (χ1v) is 8.04. The molecule has 0 aromatic heterocycles. The summed E-state index contributed by atoms with van der Waals surface area (Å²) in [5.74, 6) is 0.932. The molecule has 2 aliphatic heterocycles. The molecule has 5 nitrogen and oxygen atoms in total. The molecule has 0 saturated carbocycles. The highest BCUT2D eigenvalue weighted by molar-refractivity contribution is 6.31. The van der Waals surface area contributed by atoms with Gasteiger partial charge in [0.05, 0.1) is 18.8 Å². The molecule has 22 heavy (non-hydrogen) atoms. The van der Waals surface area contributed by atoms with Gasteiger partial charge in [-0.1, -0.05) is 18.5 Å². The number of nitrogens with two attached hydrogens (primary N) is 1. The lowest BCUT2D eigenvalue weighted by Gasteiger charge is -2.32. The predicted octanol–water partition coefficient (Wildman–Crippen LogP) is 1.74. The molecular weight excluding hydrogens is 302 g/mol. The summed E-state index contributed by atoms with van der Waals surface area (Å²) in [6.45, 7) is 5.94. The van der Waals surface area contributed by atoms with Gasteiger partial charge in [-0.05, 0) is 36.6 Å². The first-order chi connectivity index (χ1) is 10.5. The summed E-state index contributed by atoms with van der Waals surface area (Å²) in [4.78, 5) is 16.6. The van der Waals surface area contributed by atoms with Gasteiger partial charge in [0.15, 0.2) is 0 Å². The van der Waals surface area contributed by atoms with Crippen molar-refractivity contribution < 1.29 is 9.53 Å². The summed E-state index contributed by atoms with van der Waals surface area (Å²) in [5, 5.41) is 0.651. The second-order valence-electron chi connectivity index (χ2n) is 6.46. The minimum atomic E-state index is 0.0574. The van der Waals surface area contributed by atoms with Gasteiger partial charge in [-0.2, -0.15) is 0 Å². The first-order valence-electron chi connectivity index (χ1n) is 7.66. The fraction of sp³-hybridized carbons (Fsp3) is 0.562. The lowest BCUT2D eigenvalue weighted by atomic mass is 9.90. The second-order valence-corrected chi connectivity index (χ2v) is 6.90. The Morgan fingerprint density at radius 2 is 2.27 bits per heavy atom. The average molecular weight is 324 g/mol. The number of halogens is 1. The Labute approximate surface area is 136 Å². The number of rotatable bonds is 3. The number of anilines is 1. The third-order valence-corrected chi connectivity index (χ3v) is 4.85. The molecule has 0 spiro atoms. The molecule has 2 aliphatic rings. The van der Waals surface area contributed by atoms with E-state index in [1.54, 1.807) is 6.07 Å². The van der Waals surface area contributed by atoms with E-state index in [1.165, 1.54) is 0 Å². The molecule has 1 fully saturated rings. The van der Waals surface area contributed by atoms with Crippen LogP contribution in [0.15, 0.2) is 18.2 Å². The lowest BCUT2D eigenvalue weighted by molar-refractivity contribution is -0.129. The summed E-state index contributed by atoms with van der Waals surface area (Å²) in [6, 6.07) is 5.52. The van der Waals surface area contributed by atoms with Crippen LogP contribution in [0.1, 0.15) is 13.3 Å². The minimum absolute atomic E-state index is 0.0574. The van der Waals surface area contributed by atoms with Gasteiger partial charge in [-0.15, -0.1) is 0 Å². The van der Waals surface area contributed by atoms with Gasteiger partial charge in [0, 0.05) is 18.1 Å². The molecule has 2 N–H and O–H groups in total. The molecule has 0 radical (unpaired) electrons. The topological polar surface area (TPSA) is 58.8 Å². The Morgan fingerprint density at radius 3 is 3.00 bits per heavy atom. The first kappa shape index (κ1) is 15.4. The van der Waals surface area contributed by atoms with Crippen molar-refractivity contribution in [3.05, 3.63) is 23.2 Å². The maximum absolute atomic E-state index is 12.6. The maximum Gasteiger partial charge on any atom is 0.242 e. The summed E-state index contributed by atoms with van der Waals surface area (Å²) in [6.07, 6.45) is 0.973. The van der Waals surface area contributed by atoms with Gasteiger partial charge in [0.2, 0.25) is 5.91 Å². The van der Waals surface area contributed by atoms with Crippen molar-refractivity contribution in [2.45, 2.75) is 13.3 Å². The molecule has 1 amide bonds. The number of hydrogen-bond acceptors (Lipinski definition) is 4. The highest BCUT2D eigenvalue weighted by Gasteiger charge is 2.35. The zero-order valence-corrected chi connectivity index (χ0v) is 13.6. The fourth-order valence-electron chi connectivity index (χ4n) is 3.08. The third-order valence-electron chi connectivity index (χ3n) is 4.61. The molecule has 120 valence electrons.